The van der Waals surface area contributed by atoms with Crippen molar-refractivity contribution >= 4 is 32.9 Å². The third-order valence-corrected chi connectivity index (χ3v) is 5.64. The first-order valence-electron chi connectivity index (χ1n) is 10.1. The summed E-state index contributed by atoms with van der Waals surface area (Å²) in [4.78, 5) is 37.9. The molecule has 0 bridgehead atoms. The number of likely N-dealkylation sites (tertiary alicyclic amines) is 1. The van der Waals surface area contributed by atoms with Gasteiger partial charge in [-0.15, -0.1) is 4.83 Å². The molecular formula is C21H23N7O4S. The first-order chi connectivity index (χ1) is 15.4. The average Bonchev–Trinajstić information content (AvgIpc) is 3.15. The van der Waals surface area contributed by atoms with Gasteiger partial charge in [0.15, 0.2) is 0 Å². The number of aromatic nitrogens is 3. The van der Waals surface area contributed by atoms with Crippen molar-refractivity contribution in [3.05, 3.63) is 47.2 Å². The third kappa shape index (κ3) is 4.50. The summed E-state index contributed by atoms with van der Waals surface area (Å²) in [6.07, 6.45) is 5.43. The van der Waals surface area contributed by atoms with E-state index in [4.69, 9.17) is 0 Å². The molecule has 0 saturated carbocycles. The Hall–Kier alpha value is -3.56. The number of hydrogen-bond acceptors (Lipinski definition) is 8. The number of fused-ring (bicyclic) bond motifs is 2. The second kappa shape index (κ2) is 7.79. The van der Waals surface area contributed by atoms with Crippen molar-refractivity contribution in [1.29, 1.82) is 5.26 Å². The molecule has 0 unspecified atom stereocenters. The van der Waals surface area contributed by atoms with Crippen LogP contribution in [0.25, 0.3) is 11.0 Å². The number of rotatable bonds is 5. The van der Waals surface area contributed by atoms with Gasteiger partial charge in [0.05, 0.1) is 30.5 Å². The van der Waals surface area contributed by atoms with E-state index in [0.29, 0.717) is 23.3 Å². The number of carbonyl (C=O) groups excluding carboxylic acids is 2. The second-order valence-corrected chi connectivity index (χ2v) is 11.0. The van der Waals surface area contributed by atoms with Crippen LogP contribution in [0.1, 0.15) is 32.3 Å². The van der Waals surface area contributed by atoms with E-state index in [1.54, 1.807) is 6.20 Å². The van der Waals surface area contributed by atoms with Crippen LogP contribution in [0.5, 0.6) is 0 Å². The maximum Gasteiger partial charge on any atom is 0.263 e. The summed E-state index contributed by atoms with van der Waals surface area (Å²) in [5.74, 6) is -0.917. The number of sulfonamides is 1. The first kappa shape index (κ1) is 22.6. The van der Waals surface area contributed by atoms with Crippen molar-refractivity contribution in [3.63, 3.8) is 0 Å². The molecule has 11 nitrogen and oxygen atoms in total. The summed E-state index contributed by atoms with van der Waals surface area (Å²) in [6.45, 7) is 6.81. The molecule has 12 heteroatoms. The molecule has 2 aliphatic heterocycles. The maximum absolute atomic E-state index is 13.1. The van der Waals surface area contributed by atoms with Gasteiger partial charge in [-0.2, -0.15) is 5.26 Å². The highest BCUT2D eigenvalue weighted by Gasteiger charge is 2.41. The molecule has 0 spiro atoms. The van der Waals surface area contributed by atoms with Gasteiger partial charge < -0.3 is 4.57 Å². The molecular weight excluding hydrogens is 446 g/mol. The molecule has 2 aliphatic rings. The van der Waals surface area contributed by atoms with Crippen LogP contribution in [0.15, 0.2) is 35.7 Å². The maximum atomic E-state index is 13.1. The van der Waals surface area contributed by atoms with Gasteiger partial charge in [0.2, 0.25) is 15.8 Å². The lowest BCUT2D eigenvalue weighted by Crippen LogP contribution is -2.39. The van der Waals surface area contributed by atoms with E-state index in [2.05, 4.69) is 35.6 Å². The zero-order chi connectivity index (χ0) is 24.1. The largest absolute Gasteiger partial charge is 0.327 e. The zero-order valence-electron chi connectivity index (χ0n) is 18.7. The molecule has 1 N–H and O–H groups in total. The number of amides is 2. The van der Waals surface area contributed by atoms with Crippen LogP contribution in [-0.2, 0) is 32.7 Å². The molecule has 2 amide bonds. The summed E-state index contributed by atoms with van der Waals surface area (Å²) in [7, 11) is -3.54. The van der Waals surface area contributed by atoms with E-state index in [1.807, 2.05) is 16.7 Å². The van der Waals surface area contributed by atoms with E-state index in [9.17, 15) is 23.3 Å². The van der Waals surface area contributed by atoms with E-state index < -0.39 is 21.8 Å². The minimum atomic E-state index is -3.54. The Morgan fingerprint density at radius 3 is 2.55 bits per heavy atom. The SMILES string of the molecule is CC(C)(C)Cn1c(CN2C(=O)C3=CCN(NS(C)(=O)=O)C=C3C2=O)cc2cnc(C#N)nc21. The van der Waals surface area contributed by atoms with Gasteiger partial charge in [-0.25, -0.2) is 18.4 Å². The number of nitrogens with one attached hydrogen (secondary N) is 1. The van der Waals surface area contributed by atoms with E-state index >= 15 is 0 Å². The highest BCUT2D eigenvalue weighted by Crippen LogP contribution is 2.31. The Morgan fingerprint density at radius 2 is 1.91 bits per heavy atom. The molecule has 2 aromatic heterocycles. The van der Waals surface area contributed by atoms with Crippen LogP contribution in [0.3, 0.4) is 0 Å². The number of imide groups is 1. The molecule has 0 aliphatic carbocycles. The Kier molecular flexibility index (Phi) is 5.34. The fourth-order valence-electron chi connectivity index (χ4n) is 3.85. The zero-order valence-corrected chi connectivity index (χ0v) is 19.5. The minimum Gasteiger partial charge on any atom is -0.327 e. The summed E-state index contributed by atoms with van der Waals surface area (Å²) in [5.41, 5.74) is 1.47. The summed E-state index contributed by atoms with van der Waals surface area (Å²) in [6, 6.07) is 3.75. The third-order valence-electron chi connectivity index (χ3n) is 5.07. The van der Waals surface area contributed by atoms with Crippen molar-refractivity contribution in [2.75, 3.05) is 12.8 Å². The number of carbonyl (C=O) groups is 2. The van der Waals surface area contributed by atoms with Crippen molar-refractivity contribution < 1.29 is 18.0 Å². The average molecular weight is 470 g/mol. The van der Waals surface area contributed by atoms with E-state index in [0.717, 1.165) is 11.2 Å². The van der Waals surface area contributed by atoms with E-state index in [1.165, 1.54) is 17.3 Å². The van der Waals surface area contributed by atoms with Crippen LogP contribution in [0.2, 0.25) is 0 Å². The lowest BCUT2D eigenvalue weighted by molar-refractivity contribution is -0.137. The topological polar surface area (TPSA) is 141 Å². The number of hydrazine groups is 1. The van der Waals surface area contributed by atoms with Gasteiger partial charge in [-0.1, -0.05) is 20.8 Å². The van der Waals surface area contributed by atoms with Gasteiger partial charge in [0, 0.05) is 30.0 Å². The fourth-order valence-corrected chi connectivity index (χ4v) is 4.40. The Bertz CT molecular complexity index is 1390. The summed E-state index contributed by atoms with van der Waals surface area (Å²) in [5, 5.41) is 11.1. The number of nitrogens with zero attached hydrogens (tertiary/aromatic N) is 6. The number of hydrogen-bond donors (Lipinski definition) is 1. The van der Waals surface area contributed by atoms with Crippen LogP contribution >= 0.6 is 0 Å². The number of nitriles is 1. The summed E-state index contributed by atoms with van der Waals surface area (Å²) >= 11 is 0. The molecule has 1 fully saturated rings. The smallest absolute Gasteiger partial charge is 0.263 e. The Balaban J connectivity index is 1.71. The van der Waals surface area contributed by atoms with Crippen molar-refractivity contribution in [1.82, 2.24) is 29.3 Å². The molecule has 0 atom stereocenters. The molecule has 0 radical (unpaired) electrons. The van der Waals surface area contributed by atoms with Crippen LogP contribution in [0.4, 0.5) is 0 Å². The van der Waals surface area contributed by atoms with Gasteiger partial charge in [0.1, 0.15) is 11.7 Å². The quantitative estimate of drug-likeness (QED) is 0.634. The van der Waals surface area contributed by atoms with Crippen LogP contribution < -0.4 is 4.83 Å². The van der Waals surface area contributed by atoms with Gasteiger partial charge >= 0.3 is 0 Å². The van der Waals surface area contributed by atoms with Crippen molar-refractivity contribution in [2.45, 2.75) is 33.9 Å². The van der Waals surface area contributed by atoms with Crippen LogP contribution in [-0.4, -0.2) is 57.5 Å². The van der Waals surface area contributed by atoms with Crippen molar-refractivity contribution in [3.8, 4) is 6.07 Å². The molecule has 1 saturated heterocycles. The predicted molar refractivity (Wildman–Crippen MR) is 118 cm³/mol. The second-order valence-electron chi connectivity index (χ2n) is 9.24. The Morgan fingerprint density at radius 1 is 1.21 bits per heavy atom. The first-order valence-corrected chi connectivity index (χ1v) is 12.0. The van der Waals surface area contributed by atoms with Gasteiger partial charge in [-0.05, 0) is 17.6 Å². The fraction of sp³-hybridized carbons (Fsp3) is 0.381. The lowest BCUT2D eigenvalue weighted by atomic mass is 9.97. The molecule has 33 heavy (non-hydrogen) atoms. The van der Waals surface area contributed by atoms with Crippen molar-refractivity contribution in [2.24, 2.45) is 5.41 Å². The summed E-state index contributed by atoms with van der Waals surface area (Å²) < 4.78 is 25.0. The predicted octanol–water partition coefficient (Wildman–Crippen LogP) is 0.808. The molecule has 4 rings (SSSR count). The molecule has 0 aromatic carbocycles. The molecule has 2 aromatic rings. The standard InChI is InChI=1S/C21H23N7O4S/c1-21(2,3)12-28-14(7-13-9-23-17(8-22)24-18(13)28)10-27-19(29)15-5-6-26(25-33(4,31)32)11-16(15)20(27)30/h5,7,9,11,25H,6,10,12H2,1-4H3. The Labute approximate surface area is 191 Å². The van der Waals surface area contributed by atoms with Gasteiger partial charge in [0.25, 0.3) is 11.8 Å². The highest BCUT2D eigenvalue weighted by atomic mass is 32.2. The molecule has 172 valence electrons. The van der Waals surface area contributed by atoms with Gasteiger partial charge in [-0.3, -0.25) is 19.5 Å². The lowest BCUT2D eigenvalue weighted by Gasteiger charge is -2.23. The van der Waals surface area contributed by atoms with Crippen LogP contribution in [0, 0.1) is 16.7 Å². The monoisotopic (exact) mass is 469 g/mol. The normalized spacial score (nSPS) is 16.7. The minimum absolute atomic E-state index is 0.000177. The molecule has 4 heterocycles. The highest BCUT2D eigenvalue weighted by molar-refractivity contribution is 7.88. The van der Waals surface area contributed by atoms with E-state index in [-0.39, 0.29) is 35.5 Å².